The van der Waals surface area contributed by atoms with Crippen LogP contribution in [0.4, 0.5) is 5.69 Å². The molecule has 1 heterocycles. The molecule has 144 valence electrons. The normalized spacial score (nSPS) is 16.5. The van der Waals surface area contributed by atoms with Crippen molar-refractivity contribution in [1.82, 2.24) is 5.32 Å². The number of amidine groups is 1. The topological polar surface area (TPSA) is 88.0 Å². The molecule has 0 radical (unpaired) electrons. The third-order valence-corrected chi connectivity index (χ3v) is 6.38. The average Bonchev–Trinajstić information content (AvgIpc) is 2.95. The van der Waals surface area contributed by atoms with E-state index in [-0.39, 0.29) is 5.91 Å². The van der Waals surface area contributed by atoms with Gasteiger partial charge in [0.2, 0.25) is 0 Å². The number of halogens is 3. The SMILES string of the molecule is O=C(O)COc1c(Br)cc(/C=C2/SC(=Nc3ccccc3I)NC2=O)cc1Br. The Morgan fingerprint density at radius 2 is 1.96 bits per heavy atom. The predicted molar refractivity (Wildman–Crippen MR) is 125 cm³/mol. The van der Waals surface area contributed by atoms with Crippen LogP contribution in [0.25, 0.3) is 6.08 Å². The van der Waals surface area contributed by atoms with Gasteiger partial charge >= 0.3 is 5.97 Å². The van der Waals surface area contributed by atoms with Crippen LogP contribution in [-0.2, 0) is 9.59 Å². The van der Waals surface area contributed by atoms with E-state index in [0.717, 1.165) is 14.8 Å². The van der Waals surface area contributed by atoms with E-state index < -0.39 is 12.6 Å². The fraction of sp³-hybridized carbons (Fsp3) is 0.0556. The number of ether oxygens (including phenoxy) is 1. The van der Waals surface area contributed by atoms with Gasteiger partial charge in [0.05, 0.1) is 19.5 Å². The monoisotopic (exact) mass is 636 g/mol. The van der Waals surface area contributed by atoms with E-state index >= 15 is 0 Å². The van der Waals surface area contributed by atoms with Crippen LogP contribution >= 0.6 is 66.2 Å². The van der Waals surface area contributed by atoms with Crippen molar-refractivity contribution in [3.8, 4) is 5.75 Å². The molecule has 10 heteroatoms. The molecule has 3 rings (SSSR count). The molecule has 2 aromatic rings. The number of carbonyl (C=O) groups excluding carboxylic acids is 1. The first-order valence-corrected chi connectivity index (χ1v) is 11.2. The summed E-state index contributed by atoms with van der Waals surface area (Å²) in [6.45, 7) is -0.450. The summed E-state index contributed by atoms with van der Waals surface area (Å²) in [6, 6.07) is 11.1. The Bertz CT molecular complexity index is 1000. The number of para-hydroxylation sites is 1. The Morgan fingerprint density at radius 1 is 1.29 bits per heavy atom. The Hall–Kier alpha value is -1.37. The number of carboxylic acid groups (broad SMARTS) is 1. The van der Waals surface area contributed by atoms with Gasteiger partial charge in [0.1, 0.15) is 5.75 Å². The van der Waals surface area contributed by atoms with Gasteiger partial charge in [-0.15, -0.1) is 0 Å². The number of carboxylic acids is 1. The molecule has 0 spiro atoms. The van der Waals surface area contributed by atoms with Crippen LogP contribution in [0.3, 0.4) is 0 Å². The van der Waals surface area contributed by atoms with Crippen molar-refractivity contribution in [2.45, 2.75) is 0 Å². The maximum absolute atomic E-state index is 12.3. The number of nitrogens with one attached hydrogen (secondary N) is 1. The summed E-state index contributed by atoms with van der Waals surface area (Å²) in [5, 5.41) is 12.0. The molecule has 1 saturated heterocycles. The number of hydrogen-bond acceptors (Lipinski definition) is 5. The zero-order chi connectivity index (χ0) is 20.3. The lowest BCUT2D eigenvalue weighted by Crippen LogP contribution is -2.19. The van der Waals surface area contributed by atoms with Crippen LogP contribution in [0.15, 0.2) is 55.2 Å². The van der Waals surface area contributed by atoms with Crippen LogP contribution in [0.5, 0.6) is 5.75 Å². The molecule has 0 unspecified atom stereocenters. The maximum atomic E-state index is 12.3. The van der Waals surface area contributed by atoms with Crippen molar-refractivity contribution < 1.29 is 19.4 Å². The molecule has 1 amide bonds. The van der Waals surface area contributed by atoms with E-state index in [9.17, 15) is 9.59 Å². The molecule has 0 aromatic heterocycles. The average molecular weight is 638 g/mol. The van der Waals surface area contributed by atoms with E-state index in [1.54, 1.807) is 18.2 Å². The quantitative estimate of drug-likeness (QED) is 0.349. The highest BCUT2D eigenvalue weighted by Crippen LogP contribution is 2.37. The van der Waals surface area contributed by atoms with Gasteiger partial charge in [0.25, 0.3) is 5.91 Å². The molecule has 1 aliphatic heterocycles. The van der Waals surface area contributed by atoms with Crippen LogP contribution < -0.4 is 10.1 Å². The lowest BCUT2D eigenvalue weighted by molar-refractivity contribution is -0.139. The highest BCUT2D eigenvalue weighted by molar-refractivity contribution is 14.1. The summed E-state index contributed by atoms with van der Waals surface area (Å²) >= 11 is 10.2. The summed E-state index contributed by atoms with van der Waals surface area (Å²) in [5.41, 5.74) is 1.53. The van der Waals surface area contributed by atoms with Gasteiger partial charge in [0.15, 0.2) is 11.8 Å². The molecular weight excluding hydrogens is 627 g/mol. The van der Waals surface area contributed by atoms with Gasteiger partial charge in [0, 0.05) is 3.57 Å². The summed E-state index contributed by atoms with van der Waals surface area (Å²) in [4.78, 5) is 28.0. The molecule has 28 heavy (non-hydrogen) atoms. The second-order valence-electron chi connectivity index (χ2n) is 5.43. The molecule has 0 bridgehead atoms. The van der Waals surface area contributed by atoms with Gasteiger partial charge < -0.3 is 15.2 Å². The first-order valence-electron chi connectivity index (χ1n) is 7.71. The lowest BCUT2D eigenvalue weighted by atomic mass is 10.2. The number of nitrogens with zero attached hydrogens (tertiary/aromatic N) is 1. The third kappa shape index (κ3) is 5.37. The minimum atomic E-state index is -1.07. The number of benzene rings is 2. The highest BCUT2D eigenvalue weighted by Gasteiger charge is 2.24. The molecule has 0 aliphatic carbocycles. The molecule has 2 N–H and O–H groups in total. The Kier molecular flexibility index (Phi) is 7.18. The predicted octanol–water partition coefficient (Wildman–Crippen LogP) is 5.17. The Labute approximate surface area is 195 Å². The number of carbonyl (C=O) groups is 2. The summed E-state index contributed by atoms with van der Waals surface area (Å²) in [5.74, 6) is -0.911. The van der Waals surface area contributed by atoms with Gasteiger partial charge in [-0.05, 0) is 102 Å². The van der Waals surface area contributed by atoms with Gasteiger partial charge in [-0.1, -0.05) is 12.1 Å². The van der Waals surface area contributed by atoms with E-state index in [1.807, 2.05) is 24.3 Å². The fourth-order valence-corrected chi connectivity index (χ4v) is 5.01. The molecule has 1 aliphatic rings. The van der Waals surface area contributed by atoms with Crippen molar-refractivity contribution in [3.05, 3.63) is 59.4 Å². The van der Waals surface area contributed by atoms with Crippen molar-refractivity contribution in [1.29, 1.82) is 0 Å². The Morgan fingerprint density at radius 3 is 2.61 bits per heavy atom. The largest absolute Gasteiger partial charge is 0.480 e. The van der Waals surface area contributed by atoms with E-state index in [1.165, 1.54) is 11.8 Å². The third-order valence-electron chi connectivity index (χ3n) is 3.38. The summed E-state index contributed by atoms with van der Waals surface area (Å²) in [7, 11) is 0. The van der Waals surface area contributed by atoms with Crippen LogP contribution in [0.2, 0.25) is 0 Å². The van der Waals surface area contributed by atoms with Crippen molar-refractivity contribution in [2.75, 3.05) is 6.61 Å². The Balaban J connectivity index is 1.83. The summed E-state index contributed by atoms with van der Waals surface area (Å²) < 4.78 is 7.39. The fourth-order valence-electron chi connectivity index (χ4n) is 2.22. The lowest BCUT2D eigenvalue weighted by Gasteiger charge is -2.09. The van der Waals surface area contributed by atoms with Gasteiger partial charge in [-0.3, -0.25) is 4.79 Å². The van der Waals surface area contributed by atoms with E-state index in [2.05, 4.69) is 64.8 Å². The molecule has 2 aromatic carbocycles. The van der Waals surface area contributed by atoms with Crippen LogP contribution in [0.1, 0.15) is 5.56 Å². The first kappa shape index (κ1) is 21.3. The van der Waals surface area contributed by atoms with Crippen LogP contribution in [-0.4, -0.2) is 28.8 Å². The van der Waals surface area contributed by atoms with Gasteiger partial charge in [-0.25, -0.2) is 9.79 Å². The highest BCUT2D eigenvalue weighted by atomic mass is 127. The molecule has 0 atom stereocenters. The number of aliphatic carboxylic acids is 1. The standard InChI is InChI=1S/C18H11Br2IN2O4S/c19-10-5-9(6-11(20)16(10)27-8-15(24)25)7-14-17(26)23-18(28-14)22-13-4-2-1-3-12(13)21/h1-7H,8H2,(H,24,25)(H,22,23,26)/b14-7+. The second-order valence-corrected chi connectivity index (χ2v) is 9.33. The molecular formula is C18H11Br2IN2O4S. The maximum Gasteiger partial charge on any atom is 0.341 e. The number of thioether (sulfide) groups is 1. The van der Waals surface area contributed by atoms with Gasteiger partial charge in [-0.2, -0.15) is 0 Å². The zero-order valence-electron chi connectivity index (χ0n) is 13.9. The minimum absolute atomic E-state index is 0.229. The van der Waals surface area contributed by atoms with Crippen molar-refractivity contribution >= 4 is 95.0 Å². The van der Waals surface area contributed by atoms with Crippen LogP contribution in [0, 0.1) is 3.57 Å². The molecule has 1 fully saturated rings. The number of hydrogen-bond donors (Lipinski definition) is 2. The summed E-state index contributed by atoms with van der Waals surface area (Å²) in [6.07, 6.45) is 1.73. The smallest absolute Gasteiger partial charge is 0.341 e. The number of amides is 1. The minimum Gasteiger partial charge on any atom is -0.480 e. The zero-order valence-corrected chi connectivity index (χ0v) is 20.1. The van der Waals surface area contributed by atoms with Crippen molar-refractivity contribution in [2.24, 2.45) is 4.99 Å². The first-order chi connectivity index (χ1) is 13.3. The number of aliphatic imine (C=N–C) groups is 1. The van der Waals surface area contributed by atoms with E-state index in [0.29, 0.717) is 24.8 Å². The molecule has 0 saturated carbocycles. The molecule has 6 nitrogen and oxygen atoms in total. The second kappa shape index (κ2) is 9.42. The van der Waals surface area contributed by atoms with E-state index in [4.69, 9.17) is 9.84 Å². The van der Waals surface area contributed by atoms with Crippen molar-refractivity contribution in [3.63, 3.8) is 0 Å². The number of rotatable bonds is 5.